The average molecular weight is 436 g/mol. The van der Waals surface area contributed by atoms with Crippen LogP contribution in [-0.2, 0) is 0 Å². The average Bonchev–Trinajstić information content (AvgIpc) is 3.58. The Morgan fingerprint density at radius 1 is 1.23 bits per heavy atom. The number of amides is 1. The predicted molar refractivity (Wildman–Crippen MR) is 121 cm³/mol. The summed E-state index contributed by atoms with van der Waals surface area (Å²) in [5.41, 5.74) is 2.73. The number of nitrogens with one attached hydrogen (secondary N) is 1. The first kappa shape index (κ1) is 19.9. The maximum Gasteiger partial charge on any atom is 0.264 e. The number of hydrogen-bond donors (Lipinski definition) is 1. The summed E-state index contributed by atoms with van der Waals surface area (Å²) in [5, 5.41) is 7.61. The number of aromatic amines is 1. The molecule has 160 valence electrons. The predicted octanol–water partition coefficient (Wildman–Crippen LogP) is 3.29. The number of piperazine rings is 1. The van der Waals surface area contributed by atoms with Gasteiger partial charge in [0.2, 0.25) is 0 Å². The highest BCUT2D eigenvalue weighted by molar-refractivity contribution is 7.12. The molecule has 1 unspecified atom stereocenters. The molecule has 0 bridgehead atoms. The van der Waals surface area contributed by atoms with Crippen molar-refractivity contribution in [2.24, 2.45) is 0 Å². The second kappa shape index (κ2) is 8.60. The molecule has 0 aromatic carbocycles. The van der Waals surface area contributed by atoms with E-state index < -0.39 is 0 Å². The lowest BCUT2D eigenvalue weighted by Crippen LogP contribution is -2.49. The SMILES string of the molecule is CCC(CN1CCN(C(=O)c2cccs2)CC1)n1cc(-c2ncnc3[nH]ccc23)cn1. The van der Waals surface area contributed by atoms with Crippen molar-refractivity contribution in [2.45, 2.75) is 19.4 Å². The van der Waals surface area contributed by atoms with Gasteiger partial charge in [-0.2, -0.15) is 5.10 Å². The molecule has 0 aliphatic carbocycles. The Morgan fingerprint density at radius 2 is 2.10 bits per heavy atom. The number of nitrogens with zero attached hydrogens (tertiary/aromatic N) is 6. The maximum absolute atomic E-state index is 12.6. The van der Waals surface area contributed by atoms with Gasteiger partial charge < -0.3 is 9.88 Å². The van der Waals surface area contributed by atoms with Crippen LogP contribution in [0.25, 0.3) is 22.3 Å². The number of carbonyl (C=O) groups is 1. The number of rotatable bonds is 6. The number of H-pyrrole nitrogens is 1. The third-order valence-corrected chi connectivity index (χ3v) is 6.79. The van der Waals surface area contributed by atoms with Crippen molar-refractivity contribution in [3.8, 4) is 11.3 Å². The summed E-state index contributed by atoms with van der Waals surface area (Å²) in [4.78, 5) is 29.7. The van der Waals surface area contributed by atoms with E-state index in [1.54, 1.807) is 6.33 Å². The van der Waals surface area contributed by atoms with E-state index in [9.17, 15) is 4.79 Å². The van der Waals surface area contributed by atoms with Crippen LogP contribution in [0.2, 0.25) is 0 Å². The van der Waals surface area contributed by atoms with Crippen LogP contribution in [0.5, 0.6) is 0 Å². The van der Waals surface area contributed by atoms with Crippen LogP contribution in [0.4, 0.5) is 0 Å². The molecule has 8 nitrogen and oxygen atoms in total. The summed E-state index contributed by atoms with van der Waals surface area (Å²) in [7, 11) is 0. The molecular formula is C22H25N7OS. The van der Waals surface area contributed by atoms with E-state index in [1.807, 2.05) is 40.9 Å². The Balaban J connectivity index is 1.24. The van der Waals surface area contributed by atoms with Gasteiger partial charge in [-0.25, -0.2) is 9.97 Å². The quantitative estimate of drug-likeness (QED) is 0.503. The highest BCUT2D eigenvalue weighted by atomic mass is 32.1. The van der Waals surface area contributed by atoms with Gasteiger partial charge in [0.25, 0.3) is 5.91 Å². The molecule has 31 heavy (non-hydrogen) atoms. The Morgan fingerprint density at radius 3 is 2.87 bits per heavy atom. The van der Waals surface area contributed by atoms with E-state index in [0.717, 1.165) is 66.3 Å². The Kier molecular flexibility index (Phi) is 5.52. The van der Waals surface area contributed by atoms with Crippen LogP contribution >= 0.6 is 11.3 Å². The van der Waals surface area contributed by atoms with Crippen LogP contribution in [0.1, 0.15) is 29.1 Å². The lowest BCUT2D eigenvalue weighted by molar-refractivity contribution is 0.0620. The minimum Gasteiger partial charge on any atom is -0.346 e. The Bertz CT molecular complexity index is 1160. The fourth-order valence-electron chi connectivity index (χ4n) is 4.15. The molecule has 9 heteroatoms. The zero-order chi connectivity index (χ0) is 21.2. The van der Waals surface area contributed by atoms with E-state index in [2.05, 4.69) is 42.8 Å². The van der Waals surface area contributed by atoms with Gasteiger partial charge in [0.15, 0.2) is 0 Å². The summed E-state index contributed by atoms with van der Waals surface area (Å²) in [5.74, 6) is 0.152. The molecule has 4 aromatic rings. The maximum atomic E-state index is 12.6. The normalized spacial score (nSPS) is 16.1. The molecule has 0 radical (unpaired) electrons. The molecule has 0 saturated carbocycles. The number of thiophene rings is 1. The summed E-state index contributed by atoms with van der Waals surface area (Å²) < 4.78 is 2.05. The largest absolute Gasteiger partial charge is 0.346 e. The smallest absolute Gasteiger partial charge is 0.264 e. The van der Waals surface area contributed by atoms with E-state index in [4.69, 9.17) is 0 Å². The molecule has 1 saturated heterocycles. The molecule has 5 rings (SSSR count). The van der Waals surface area contributed by atoms with Crippen molar-refractivity contribution >= 4 is 28.3 Å². The highest BCUT2D eigenvalue weighted by Gasteiger charge is 2.25. The van der Waals surface area contributed by atoms with Crippen molar-refractivity contribution in [3.63, 3.8) is 0 Å². The van der Waals surface area contributed by atoms with Crippen LogP contribution in [-0.4, -0.2) is 73.2 Å². The van der Waals surface area contributed by atoms with E-state index in [0.29, 0.717) is 0 Å². The first-order valence-corrected chi connectivity index (χ1v) is 11.5. The first-order chi connectivity index (χ1) is 15.2. The van der Waals surface area contributed by atoms with Gasteiger partial charge in [-0.3, -0.25) is 14.4 Å². The zero-order valence-corrected chi connectivity index (χ0v) is 18.3. The van der Waals surface area contributed by atoms with E-state index >= 15 is 0 Å². The van der Waals surface area contributed by atoms with Crippen LogP contribution in [0.15, 0.2) is 48.5 Å². The Hall–Kier alpha value is -3.04. The molecule has 1 aliphatic heterocycles. The lowest BCUT2D eigenvalue weighted by atomic mass is 10.1. The van der Waals surface area contributed by atoms with Crippen LogP contribution < -0.4 is 0 Å². The monoisotopic (exact) mass is 435 g/mol. The summed E-state index contributed by atoms with van der Waals surface area (Å²) in [6.07, 6.45) is 8.41. The second-order valence-corrected chi connectivity index (χ2v) is 8.75. The van der Waals surface area contributed by atoms with Crippen molar-refractivity contribution in [1.82, 2.24) is 34.5 Å². The molecule has 4 aromatic heterocycles. The number of carbonyl (C=O) groups excluding carboxylic acids is 1. The van der Waals surface area contributed by atoms with Crippen molar-refractivity contribution in [2.75, 3.05) is 32.7 Å². The standard InChI is InChI=1S/C22H25N7OS/c1-2-17(14-27-7-9-28(10-8-27)22(30)19-4-3-11-31-19)29-13-16(12-26-29)20-18-5-6-23-21(18)25-15-24-20/h3-6,11-13,15,17H,2,7-10,14H2,1H3,(H,23,24,25). The topological polar surface area (TPSA) is 82.9 Å². The first-order valence-electron chi connectivity index (χ1n) is 10.6. The zero-order valence-electron chi connectivity index (χ0n) is 17.4. The molecule has 0 spiro atoms. The molecule has 1 aliphatic rings. The van der Waals surface area contributed by atoms with E-state index in [1.165, 1.54) is 11.3 Å². The van der Waals surface area contributed by atoms with Gasteiger partial charge >= 0.3 is 0 Å². The van der Waals surface area contributed by atoms with Crippen LogP contribution in [0, 0.1) is 0 Å². The number of aromatic nitrogens is 5. The Labute approximate surface area is 184 Å². The van der Waals surface area contributed by atoms with Gasteiger partial charge in [0.05, 0.1) is 22.8 Å². The third-order valence-electron chi connectivity index (χ3n) is 5.93. The summed E-state index contributed by atoms with van der Waals surface area (Å²) >= 11 is 1.51. The summed E-state index contributed by atoms with van der Waals surface area (Å²) in [6.45, 7) is 6.42. The number of fused-ring (bicyclic) bond motifs is 1. The molecule has 1 amide bonds. The fraction of sp³-hybridized carbons (Fsp3) is 0.364. The minimum atomic E-state index is 0.152. The van der Waals surface area contributed by atoms with Crippen molar-refractivity contribution in [1.29, 1.82) is 0 Å². The molecule has 1 N–H and O–H groups in total. The fourth-order valence-corrected chi connectivity index (χ4v) is 4.84. The number of hydrogen-bond acceptors (Lipinski definition) is 6. The second-order valence-electron chi connectivity index (χ2n) is 7.80. The highest BCUT2D eigenvalue weighted by Crippen LogP contribution is 2.26. The summed E-state index contributed by atoms with van der Waals surface area (Å²) in [6, 6.07) is 6.11. The van der Waals surface area contributed by atoms with Gasteiger partial charge in [0.1, 0.15) is 12.0 Å². The lowest BCUT2D eigenvalue weighted by Gasteiger charge is -2.36. The minimum absolute atomic E-state index is 0.152. The van der Waals surface area contributed by atoms with Gasteiger partial charge in [0, 0.05) is 56.1 Å². The molecule has 1 atom stereocenters. The van der Waals surface area contributed by atoms with Gasteiger partial charge in [-0.1, -0.05) is 13.0 Å². The molecule has 5 heterocycles. The van der Waals surface area contributed by atoms with Crippen molar-refractivity contribution in [3.05, 3.63) is 53.4 Å². The van der Waals surface area contributed by atoms with Crippen molar-refractivity contribution < 1.29 is 4.79 Å². The van der Waals surface area contributed by atoms with E-state index in [-0.39, 0.29) is 11.9 Å². The molecule has 1 fully saturated rings. The molecular weight excluding hydrogens is 410 g/mol. The van der Waals surface area contributed by atoms with Gasteiger partial charge in [-0.15, -0.1) is 11.3 Å². The van der Waals surface area contributed by atoms with Gasteiger partial charge in [-0.05, 0) is 23.9 Å². The third kappa shape index (κ3) is 3.98. The van der Waals surface area contributed by atoms with Crippen LogP contribution in [0.3, 0.4) is 0 Å².